The number of amides is 1. The molecule has 152 valence electrons. The van der Waals surface area contributed by atoms with E-state index in [2.05, 4.69) is 0 Å². The van der Waals surface area contributed by atoms with Gasteiger partial charge < -0.3 is 13.8 Å². The van der Waals surface area contributed by atoms with Gasteiger partial charge in [-0.1, -0.05) is 0 Å². The van der Waals surface area contributed by atoms with Gasteiger partial charge in [-0.25, -0.2) is 17.6 Å². The molecule has 0 aromatic carbocycles. The zero-order chi connectivity index (χ0) is 20.1. The van der Waals surface area contributed by atoms with E-state index in [9.17, 15) is 22.8 Å². The van der Waals surface area contributed by atoms with Crippen LogP contribution >= 0.6 is 6.72 Å². The molecule has 0 aromatic rings. The first-order chi connectivity index (χ1) is 12.5. The fraction of sp³-hybridized carbons (Fsp3) is 0.714. The lowest BCUT2D eigenvalue weighted by molar-refractivity contribution is -0.210. The van der Waals surface area contributed by atoms with Crippen LogP contribution in [0.15, 0.2) is 12.0 Å². The van der Waals surface area contributed by atoms with Gasteiger partial charge in [0.25, 0.3) is 6.43 Å². The van der Waals surface area contributed by atoms with Crippen molar-refractivity contribution in [1.82, 2.24) is 4.90 Å². The molecule has 0 N–H and O–H groups in total. The van der Waals surface area contributed by atoms with Crippen LogP contribution in [0.5, 0.6) is 0 Å². The van der Waals surface area contributed by atoms with Crippen LogP contribution in [0.25, 0.3) is 0 Å². The Balaban J connectivity index is 1.93. The van der Waals surface area contributed by atoms with Crippen LogP contribution in [0.4, 0.5) is 17.6 Å². The largest absolute Gasteiger partial charge is 0.337 e. The van der Waals surface area contributed by atoms with Crippen molar-refractivity contribution in [2.45, 2.75) is 56.9 Å². The van der Waals surface area contributed by atoms with Gasteiger partial charge in [0, 0.05) is 6.20 Å². The van der Waals surface area contributed by atoms with Crippen LogP contribution in [0.1, 0.15) is 20.3 Å². The SMILES string of the molecule is CC(C)OP1(=S)OC[C@@]2(C(F)F)O[C@@H](N3C=C(F)C(=O)CC3=O)[C@H](F)[C@@H]2O1. The lowest BCUT2D eigenvalue weighted by atomic mass is 9.97. The lowest BCUT2D eigenvalue weighted by Crippen LogP contribution is -2.55. The molecule has 1 amide bonds. The number of alkyl halides is 3. The van der Waals surface area contributed by atoms with Crippen LogP contribution in [-0.4, -0.2) is 59.8 Å². The molecule has 0 bridgehead atoms. The van der Waals surface area contributed by atoms with E-state index in [1.807, 2.05) is 0 Å². The third-order valence-electron chi connectivity index (χ3n) is 4.18. The van der Waals surface area contributed by atoms with E-state index in [0.717, 1.165) is 0 Å². The number of hydrogen-bond donors (Lipinski definition) is 0. The van der Waals surface area contributed by atoms with E-state index in [-0.39, 0.29) is 0 Å². The van der Waals surface area contributed by atoms with E-state index in [1.165, 1.54) is 0 Å². The van der Waals surface area contributed by atoms with Gasteiger partial charge in [0.2, 0.25) is 11.7 Å². The minimum atomic E-state index is -3.53. The van der Waals surface area contributed by atoms with Crippen molar-refractivity contribution in [3.05, 3.63) is 12.0 Å². The van der Waals surface area contributed by atoms with E-state index >= 15 is 4.39 Å². The first-order valence-electron chi connectivity index (χ1n) is 7.92. The first-order valence-corrected chi connectivity index (χ1v) is 10.5. The van der Waals surface area contributed by atoms with E-state index in [0.29, 0.717) is 11.1 Å². The number of ether oxygens (including phenoxy) is 1. The Labute approximate surface area is 156 Å². The molecule has 0 spiro atoms. The molecule has 5 atom stereocenters. The number of halogens is 4. The Morgan fingerprint density at radius 1 is 1.41 bits per heavy atom. The number of carbonyl (C=O) groups is 2. The Bertz CT molecular complexity index is 736. The average Bonchev–Trinajstić information content (AvgIpc) is 2.84. The van der Waals surface area contributed by atoms with Gasteiger partial charge in [-0.15, -0.1) is 0 Å². The summed E-state index contributed by atoms with van der Waals surface area (Å²) in [5, 5.41) is 0. The van der Waals surface area contributed by atoms with Crippen molar-refractivity contribution >= 4 is 30.2 Å². The molecule has 3 aliphatic rings. The highest BCUT2D eigenvalue weighted by atomic mass is 32.5. The Hall–Kier alpha value is -0.910. The number of carbonyl (C=O) groups excluding carboxylic acids is 2. The smallest absolute Gasteiger partial charge is 0.328 e. The molecule has 2 saturated heterocycles. The van der Waals surface area contributed by atoms with Crippen LogP contribution in [-0.2, 0) is 39.7 Å². The van der Waals surface area contributed by atoms with Gasteiger partial charge >= 0.3 is 6.72 Å². The lowest BCUT2D eigenvalue weighted by Gasteiger charge is -2.41. The molecule has 7 nitrogen and oxygen atoms in total. The van der Waals surface area contributed by atoms with Gasteiger partial charge in [-0.2, -0.15) is 0 Å². The van der Waals surface area contributed by atoms with Gasteiger partial charge in [-0.05, 0) is 25.7 Å². The van der Waals surface area contributed by atoms with Crippen molar-refractivity contribution in [2.75, 3.05) is 6.61 Å². The summed E-state index contributed by atoms with van der Waals surface area (Å²) in [5.74, 6) is -3.39. The zero-order valence-corrected chi connectivity index (χ0v) is 15.9. The van der Waals surface area contributed by atoms with Crippen molar-refractivity contribution < 1.29 is 45.5 Å². The van der Waals surface area contributed by atoms with Crippen molar-refractivity contribution in [1.29, 1.82) is 0 Å². The van der Waals surface area contributed by atoms with Gasteiger partial charge in [0.1, 0.15) is 6.10 Å². The molecule has 2 fully saturated rings. The summed E-state index contributed by atoms with van der Waals surface area (Å²) in [6.45, 7) is -1.15. The number of ketones is 1. The number of rotatable bonds is 4. The summed E-state index contributed by atoms with van der Waals surface area (Å²) < 4.78 is 77.0. The standard InChI is InChI=1S/C14H16F4NO6PS/c1-6(2)24-26(27)22-5-14(13(17)18)11(25-26)10(16)12(23-14)19-4-7(15)8(20)3-9(19)21/h4,6,10-13H,3,5H2,1-2H3/t10-,11+,12-,14-,26?/m1/s1. The molecule has 0 aliphatic carbocycles. The summed E-state index contributed by atoms with van der Waals surface area (Å²) in [4.78, 5) is 23.7. The Morgan fingerprint density at radius 3 is 2.67 bits per heavy atom. The maximum atomic E-state index is 15.0. The Morgan fingerprint density at radius 2 is 2.07 bits per heavy atom. The maximum Gasteiger partial charge on any atom is 0.328 e. The quantitative estimate of drug-likeness (QED) is 0.383. The molecule has 3 heterocycles. The first kappa shape index (κ1) is 20.8. The van der Waals surface area contributed by atoms with Crippen LogP contribution in [0.3, 0.4) is 0 Å². The van der Waals surface area contributed by atoms with Crippen LogP contribution in [0, 0.1) is 0 Å². The zero-order valence-electron chi connectivity index (χ0n) is 14.1. The van der Waals surface area contributed by atoms with Crippen LogP contribution in [0.2, 0.25) is 0 Å². The number of nitrogens with zero attached hydrogens (tertiary/aromatic N) is 1. The van der Waals surface area contributed by atoms with Crippen molar-refractivity contribution in [3.63, 3.8) is 0 Å². The highest BCUT2D eigenvalue weighted by Gasteiger charge is 2.67. The monoisotopic (exact) mass is 433 g/mol. The second-order valence-corrected chi connectivity index (χ2v) is 9.40. The van der Waals surface area contributed by atoms with E-state index < -0.39 is 73.9 Å². The number of Topliss-reactive ketones (excluding diaryl/α,β-unsaturated/α-hetero) is 1. The normalized spacial score (nSPS) is 39.9. The second-order valence-electron chi connectivity index (χ2n) is 6.49. The maximum absolute atomic E-state index is 15.0. The van der Waals surface area contributed by atoms with Gasteiger partial charge in [0.05, 0.1) is 19.1 Å². The molecule has 0 aromatic heterocycles. The van der Waals surface area contributed by atoms with E-state index in [4.69, 9.17) is 30.1 Å². The number of fused-ring (bicyclic) bond motifs is 1. The molecule has 0 radical (unpaired) electrons. The summed E-state index contributed by atoms with van der Waals surface area (Å²) in [7, 11) is 0. The summed E-state index contributed by atoms with van der Waals surface area (Å²) >= 11 is 5.08. The predicted octanol–water partition coefficient (Wildman–Crippen LogP) is 2.36. The highest BCUT2D eigenvalue weighted by Crippen LogP contribution is 2.61. The summed E-state index contributed by atoms with van der Waals surface area (Å²) in [6, 6.07) is 0. The summed E-state index contributed by atoms with van der Waals surface area (Å²) in [5.41, 5.74) is -2.56. The Kier molecular flexibility index (Phi) is 5.52. The molecule has 3 rings (SSSR count). The molecule has 13 heteroatoms. The van der Waals surface area contributed by atoms with Crippen molar-refractivity contribution in [3.8, 4) is 0 Å². The molecule has 0 saturated carbocycles. The molecular weight excluding hydrogens is 417 g/mol. The van der Waals surface area contributed by atoms with Gasteiger partial charge in [-0.3, -0.25) is 19.0 Å². The number of allylic oxidation sites excluding steroid dienone is 1. The average molecular weight is 433 g/mol. The third kappa shape index (κ3) is 3.58. The predicted molar refractivity (Wildman–Crippen MR) is 85.5 cm³/mol. The molecular formula is C14H16F4NO6PS. The topological polar surface area (TPSA) is 74.3 Å². The second kappa shape index (κ2) is 7.16. The van der Waals surface area contributed by atoms with Crippen molar-refractivity contribution in [2.24, 2.45) is 0 Å². The van der Waals surface area contributed by atoms with Gasteiger partial charge in [0.15, 0.2) is 23.8 Å². The summed E-state index contributed by atoms with van der Waals surface area (Å²) in [6.07, 6.45) is -10.3. The molecule has 27 heavy (non-hydrogen) atoms. The highest BCUT2D eigenvalue weighted by molar-refractivity contribution is 8.07. The minimum Gasteiger partial charge on any atom is -0.337 e. The van der Waals surface area contributed by atoms with Crippen LogP contribution < -0.4 is 0 Å². The van der Waals surface area contributed by atoms with E-state index in [1.54, 1.807) is 13.8 Å². The third-order valence-corrected chi connectivity index (χ3v) is 6.62. The molecule has 3 aliphatic heterocycles. The molecule has 1 unspecified atom stereocenters. The number of hydrogen-bond acceptors (Lipinski definition) is 7. The fourth-order valence-corrected chi connectivity index (χ4v) is 5.52. The minimum absolute atomic E-state index is 0.434. The fourth-order valence-electron chi connectivity index (χ4n) is 2.95.